The molecule has 2 rings (SSSR count). The van der Waals surface area contributed by atoms with Gasteiger partial charge in [0.15, 0.2) is 0 Å². The van der Waals surface area contributed by atoms with E-state index < -0.39 is 0 Å². The first-order valence-electron chi connectivity index (χ1n) is 4.23. The minimum absolute atomic E-state index is 0.164. The first-order valence-corrected chi connectivity index (χ1v) is 4.23. The van der Waals surface area contributed by atoms with E-state index in [1.165, 1.54) is 17.3 Å². The van der Waals surface area contributed by atoms with E-state index in [0.717, 1.165) is 5.56 Å². The Bertz CT molecular complexity index is 431. The van der Waals surface area contributed by atoms with Crippen LogP contribution in [0.5, 0.6) is 0 Å². The summed E-state index contributed by atoms with van der Waals surface area (Å²) in [7, 11) is 0. The van der Waals surface area contributed by atoms with Crippen molar-refractivity contribution < 1.29 is 4.79 Å². The second kappa shape index (κ2) is 3.41. The third kappa shape index (κ3) is 1.54. The summed E-state index contributed by atoms with van der Waals surface area (Å²) in [5.74, 6) is -0.164. The van der Waals surface area contributed by atoms with Crippen molar-refractivity contribution in [1.29, 1.82) is 0 Å². The fourth-order valence-electron chi connectivity index (χ4n) is 1.14. The first-order chi connectivity index (χ1) is 6.77. The lowest BCUT2D eigenvalue weighted by molar-refractivity contribution is 0.0944. The van der Waals surface area contributed by atoms with E-state index in [1.807, 2.05) is 19.1 Å². The van der Waals surface area contributed by atoms with Crippen LogP contribution in [0.4, 0.5) is 0 Å². The summed E-state index contributed by atoms with van der Waals surface area (Å²) in [6.45, 7) is 1.98. The Morgan fingerprint density at radius 2 is 2.00 bits per heavy atom. The Hall–Kier alpha value is -1.97. The van der Waals surface area contributed by atoms with E-state index in [1.54, 1.807) is 12.1 Å². The molecule has 4 heteroatoms. The Morgan fingerprint density at radius 1 is 1.29 bits per heavy atom. The lowest BCUT2D eigenvalue weighted by Gasteiger charge is -1.99. The average molecular weight is 187 g/mol. The van der Waals surface area contributed by atoms with Gasteiger partial charge in [0.05, 0.1) is 0 Å². The van der Waals surface area contributed by atoms with Gasteiger partial charge in [-0.05, 0) is 19.1 Å². The van der Waals surface area contributed by atoms with Gasteiger partial charge in [0.25, 0.3) is 5.91 Å². The highest BCUT2D eigenvalue weighted by Crippen LogP contribution is 2.04. The summed E-state index contributed by atoms with van der Waals surface area (Å²) in [6.07, 6.45) is 2.73. The molecule has 0 N–H and O–H groups in total. The van der Waals surface area contributed by atoms with Crippen LogP contribution in [0.15, 0.2) is 36.9 Å². The van der Waals surface area contributed by atoms with Gasteiger partial charge in [-0.25, -0.2) is 4.98 Å². The number of hydrogen-bond donors (Lipinski definition) is 0. The van der Waals surface area contributed by atoms with E-state index in [-0.39, 0.29) is 5.91 Å². The zero-order valence-electron chi connectivity index (χ0n) is 7.71. The zero-order valence-corrected chi connectivity index (χ0v) is 7.71. The second-order valence-electron chi connectivity index (χ2n) is 3.01. The van der Waals surface area contributed by atoms with Crippen molar-refractivity contribution in [2.24, 2.45) is 0 Å². The normalized spacial score (nSPS) is 10.1. The molecule has 0 aliphatic carbocycles. The maximum absolute atomic E-state index is 11.7. The van der Waals surface area contributed by atoms with Crippen LogP contribution in [-0.2, 0) is 0 Å². The second-order valence-corrected chi connectivity index (χ2v) is 3.01. The molecule has 0 radical (unpaired) electrons. The van der Waals surface area contributed by atoms with E-state index in [2.05, 4.69) is 10.1 Å². The quantitative estimate of drug-likeness (QED) is 0.675. The Kier molecular flexibility index (Phi) is 2.10. The highest BCUT2D eigenvalue weighted by atomic mass is 16.2. The van der Waals surface area contributed by atoms with Crippen LogP contribution in [0.25, 0.3) is 0 Å². The molecule has 1 heterocycles. The minimum atomic E-state index is -0.164. The number of rotatable bonds is 1. The summed E-state index contributed by atoms with van der Waals surface area (Å²) in [5, 5.41) is 3.77. The molecule has 0 spiro atoms. The lowest BCUT2D eigenvalue weighted by atomic mass is 10.1. The van der Waals surface area contributed by atoms with Gasteiger partial charge in [0, 0.05) is 5.56 Å². The Labute approximate surface area is 81.2 Å². The van der Waals surface area contributed by atoms with Crippen molar-refractivity contribution in [3.8, 4) is 0 Å². The topological polar surface area (TPSA) is 47.8 Å². The summed E-state index contributed by atoms with van der Waals surface area (Å²) >= 11 is 0. The van der Waals surface area contributed by atoms with Gasteiger partial charge in [-0.15, -0.1) is 0 Å². The summed E-state index contributed by atoms with van der Waals surface area (Å²) in [4.78, 5) is 15.4. The van der Waals surface area contributed by atoms with Gasteiger partial charge < -0.3 is 0 Å². The summed E-state index contributed by atoms with van der Waals surface area (Å²) in [6, 6.07) is 7.34. The molecule has 4 nitrogen and oxygen atoms in total. The highest BCUT2D eigenvalue weighted by molar-refractivity contribution is 5.95. The zero-order chi connectivity index (χ0) is 9.97. The number of hydrogen-bond acceptors (Lipinski definition) is 3. The van der Waals surface area contributed by atoms with Crippen molar-refractivity contribution in [3.05, 3.63) is 48.0 Å². The highest BCUT2D eigenvalue weighted by Gasteiger charge is 2.07. The van der Waals surface area contributed by atoms with Crippen LogP contribution in [0, 0.1) is 6.92 Å². The standard InChI is InChI=1S/C10H9N3O/c1-8-2-4-9(5-3-8)10(14)13-7-11-6-12-13/h2-7H,1H3. The van der Waals surface area contributed by atoms with Gasteiger partial charge in [-0.1, -0.05) is 17.7 Å². The van der Waals surface area contributed by atoms with Gasteiger partial charge >= 0.3 is 0 Å². The van der Waals surface area contributed by atoms with Gasteiger partial charge in [-0.2, -0.15) is 9.78 Å². The van der Waals surface area contributed by atoms with Crippen LogP contribution < -0.4 is 0 Å². The van der Waals surface area contributed by atoms with Crippen molar-refractivity contribution >= 4 is 5.91 Å². The molecule has 0 saturated heterocycles. The van der Waals surface area contributed by atoms with Crippen molar-refractivity contribution in [2.75, 3.05) is 0 Å². The van der Waals surface area contributed by atoms with Crippen LogP contribution in [0.1, 0.15) is 15.9 Å². The predicted molar refractivity (Wildman–Crippen MR) is 50.9 cm³/mol. The molecule has 0 aliphatic rings. The lowest BCUT2D eigenvalue weighted by Crippen LogP contribution is -2.12. The summed E-state index contributed by atoms with van der Waals surface area (Å²) in [5.41, 5.74) is 1.74. The smallest absolute Gasteiger partial charge is 0.267 e. The largest absolute Gasteiger partial charge is 0.279 e. The van der Waals surface area contributed by atoms with E-state index in [9.17, 15) is 4.79 Å². The first kappa shape index (κ1) is 8.62. The molecule has 14 heavy (non-hydrogen) atoms. The van der Waals surface area contributed by atoms with Gasteiger partial charge in [-0.3, -0.25) is 4.79 Å². The molecule has 0 amide bonds. The van der Waals surface area contributed by atoms with Crippen LogP contribution in [-0.4, -0.2) is 20.7 Å². The molecule has 1 aromatic heterocycles. The Morgan fingerprint density at radius 3 is 2.57 bits per heavy atom. The Balaban J connectivity index is 2.33. The number of benzene rings is 1. The van der Waals surface area contributed by atoms with Crippen LogP contribution in [0.2, 0.25) is 0 Å². The average Bonchev–Trinajstić information content (AvgIpc) is 2.71. The third-order valence-corrected chi connectivity index (χ3v) is 1.93. The number of carbonyl (C=O) groups excluding carboxylic acids is 1. The van der Waals surface area contributed by atoms with Crippen molar-refractivity contribution in [2.45, 2.75) is 6.92 Å². The molecular formula is C10H9N3O. The molecule has 70 valence electrons. The minimum Gasteiger partial charge on any atom is -0.267 e. The molecule has 1 aromatic carbocycles. The molecule has 0 unspecified atom stereocenters. The fraction of sp³-hybridized carbons (Fsp3) is 0.100. The van der Waals surface area contributed by atoms with E-state index >= 15 is 0 Å². The van der Waals surface area contributed by atoms with Crippen LogP contribution >= 0.6 is 0 Å². The van der Waals surface area contributed by atoms with Crippen molar-refractivity contribution in [1.82, 2.24) is 14.8 Å². The number of aryl methyl sites for hydroxylation is 1. The number of carbonyl (C=O) groups is 1. The molecule has 0 fully saturated rings. The predicted octanol–water partition coefficient (Wildman–Crippen LogP) is 1.28. The SMILES string of the molecule is Cc1ccc(C(=O)n2cncn2)cc1. The fourth-order valence-corrected chi connectivity index (χ4v) is 1.14. The molecule has 0 bridgehead atoms. The molecule has 0 aliphatic heterocycles. The van der Waals surface area contributed by atoms with Crippen LogP contribution in [0.3, 0.4) is 0 Å². The van der Waals surface area contributed by atoms with Gasteiger partial charge in [0.2, 0.25) is 0 Å². The van der Waals surface area contributed by atoms with E-state index in [0.29, 0.717) is 5.56 Å². The summed E-state index contributed by atoms with van der Waals surface area (Å²) < 4.78 is 1.21. The van der Waals surface area contributed by atoms with E-state index in [4.69, 9.17) is 0 Å². The van der Waals surface area contributed by atoms with Crippen molar-refractivity contribution in [3.63, 3.8) is 0 Å². The van der Waals surface area contributed by atoms with Gasteiger partial charge in [0.1, 0.15) is 12.7 Å². The monoisotopic (exact) mass is 187 g/mol. The number of nitrogens with zero attached hydrogens (tertiary/aromatic N) is 3. The molecule has 2 aromatic rings. The maximum Gasteiger partial charge on any atom is 0.279 e. The molecular weight excluding hydrogens is 178 g/mol. The maximum atomic E-state index is 11.7. The molecule has 0 atom stereocenters. The molecule has 0 saturated carbocycles. The third-order valence-electron chi connectivity index (χ3n) is 1.93. The number of aromatic nitrogens is 3.